The van der Waals surface area contributed by atoms with Gasteiger partial charge in [0.05, 0.1) is 0 Å². The van der Waals surface area contributed by atoms with Crippen LogP contribution >= 0.6 is 11.8 Å². The number of rotatable bonds is 6. The summed E-state index contributed by atoms with van der Waals surface area (Å²) in [4.78, 5) is 15.9. The first-order valence-electron chi connectivity index (χ1n) is 7.88. The average molecular weight is 306 g/mol. The Morgan fingerprint density at radius 1 is 1.38 bits per heavy atom. The molecule has 1 aromatic rings. The summed E-state index contributed by atoms with van der Waals surface area (Å²) in [6.45, 7) is 6.02. The third-order valence-corrected chi connectivity index (χ3v) is 4.74. The highest BCUT2D eigenvalue weighted by atomic mass is 32.2. The monoisotopic (exact) mass is 306 g/mol. The maximum atomic E-state index is 12.7. The van der Waals surface area contributed by atoms with Crippen molar-refractivity contribution in [3.05, 3.63) is 29.8 Å². The fourth-order valence-corrected chi connectivity index (χ4v) is 3.26. The minimum atomic E-state index is 0.176. The van der Waals surface area contributed by atoms with Crippen molar-refractivity contribution in [1.82, 2.24) is 10.2 Å². The number of benzene rings is 1. The van der Waals surface area contributed by atoms with Crippen LogP contribution in [0.15, 0.2) is 29.2 Å². The first-order chi connectivity index (χ1) is 10.2. The molecule has 1 atom stereocenters. The van der Waals surface area contributed by atoms with E-state index in [4.69, 9.17) is 0 Å². The van der Waals surface area contributed by atoms with E-state index >= 15 is 0 Å². The number of carbonyl (C=O) groups excluding carboxylic acids is 1. The molecule has 1 aliphatic rings. The highest BCUT2D eigenvalue weighted by Crippen LogP contribution is 2.18. The van der Waals surface area contributed by atoms with E-state index in [9.17, 15) is 4.79 Å². The summed E-state index contributed by atoms with van der Waals surface area (Å²) in [5, 5.41) is 3.44. The maximum Gasteiger partial charge on any atom is 0.253 e. The Bertz CT molecular complexity index is 441. The van der Waals surface area contributed by atoms with Crippen LogP contribution in [-0.4, -0.2) is 43.2 Å². The van der Waals surface area contributed by atoms with Gasteiger partial charge in [0.15, 0.2) is 0 Å². The Morgan fingerprint density at radius 3 is 2.71 bits per heavy atom. The topological polar surface area (TPSA) is 32.3 Å². The number of thioether (sulfide) groups is 1. The van der Waals surface area contributed by atoms with Crippen molar-refractivity contribution < 1.29 is 4.79 Å². The Hall–Kier alpha value is -1.00. The van der Waals surface area contributed by atoms with Gasteiger partial charge in [-0.1, -0.05) is 6.92 Å². The van der Waals surface area contributed by atoms with Gasteiger partial charge in [-0.05, 0) is 68.8 Å². The van der Waals surface area contributed by atoms with Gasteiger partial charge in [-0.2, -0.15) is 0 Å². The molecule has 0 saturated carbocycles. The molecular formula is C17H26N2OS. The summed E-state index contributed by atoms with van der Waals surface area (Å²) in [6.07, 6.45) is 5.51. The summed E-state index contributed by atoms with van der Waals surface area (Å²) in [6, 6.07) is 7.97. The minimum absolute atomic E-state index is 0.176. The molecule has 1 heterocycles. The number of hydrogen-bond donors (Lipinski definition) is 1. The van der Waals surface area contributed by atoms with Crippen molar-refractivity contribution in [2.45, 2.75) is 31.1 Å². The van der Waals surface area contributed by atoms with E-state index in [2.05, 4.69) is 18.5 Å². The minimum Gasteiger partial charge on any atom is -0.338 e. The van der Waals surface area contributed by atoms with E-state index in [0.717, 1.165) is 38.2 Å². The van der Waals surface area contributed by atoms with Crippen LogP contribution in [0.3, 0.4) is 0 Å². The lowest BCUT2D eigenvalue weighted by Crippen LogP contribution is -2.41. The van der Waals surface area contributed by atoms with Gasteiger partial charge < -0.3 is 10.2 Å². The standard InChI is InChI=1S/C17H26N2OS/c1-3-11-19(13-14-5-4-10-18-12-14)17(20)15-6-8-16(21-2)9-7-15/h6-9,14,18H,3-5,10-13H2,1-2H3. The van der Waals surface area contributed by atoms with Crippen molar-refractivity contribution in [2.75, 3.05) is 32.4 Å². The number of nitrogens with zero attached hydrogens (tertiary/aromatic N) is 1. The zero-order chi connectivity index (χ0) is 15.1. The van der Waals surface area contributed by atoms with E-state index in [1.165, 1.54) is 17.7 Å². The SMILES string of the molecule is CCCN(CC1CCCNC1)C(=O)c1ccc(SC)cc1. The molecule has 1 N–H and O–H groups in total. The van der Waals surface area contributed by atoms with E-state index < -0.39 is 0 Å². The van der Waals surface area contributed by atoms with Gasteiger partial charge in [0, 0.05) is 23.5 Å². The molecule has 1 aliphatic heterocycles. The van der Waals surface area contributed by atoms with Crippen LogP contribution in [0.1, 0.15) is 36.5 Å². The van der Waals surface area contributed by atoms with Crippen molar-refractivity contribution in [1.29, 1.82) is 0 Å². The van der Waals surface area contributed by atoms with Crippen LogP contribution < -0.4 is 5.32 Å². The molecule has 116 valence electrons. The number of carbonyl (C=O) groups is 1. The Kier molecular flexibility index (Phi) is 6.58. The van der Waals surface area contributed by atoms with Crippen LogP contribution in [0.5, 0.6) is 0 Å². The number of amides is 1. The van der Waals surface area contributed by atoms with Gasteiger partial charge in [-0.25, -0.2) is 0 Å². The molecule has 0 aliphatic carbocycles. The number of hydrogen-bond acceptors (Lipinski definition) is 3. The second-order valence-electron chi connectivity index (χ2n) is 5.69. The van der Waals surface area contributed by atoms with Crippen LogP contribution in [0.25, 0.3) is 0 Å². The van der Waals surface area contributed by atoms with E-state index in [0.29, 0.717) is 5.92 Å². The van der Waals surface area contributed by atoms with Crippen molar-refractivity contribution in [3.63, 3.8) is 0 Å². The molecule has 4 heteroatoms. The summed E-state index contributed by atoms with van der Waals surface area (Å²) in [7, 11) is 0. The van der Waals surface area contributed by atoms with E-state index in [1.54, 1.807) is 11.8 Å². The van der Waals surface area contributed by atoms with Crippen LogP contribution in [0, 0.1) is 5.92 Å². The van der Waals surface area contributed by atoms with Crippen LogP contribution in [-0.2, 0) is 0 Å². The van der Waals surface area contributed by atoms with Gasteiger partial charge in [-0.3, -0.25) is 4.79 Å². The molecule has 0 spiro atoms. The predicted molar refractivity (Wildman–Crippen MR) is 90.0 cm³/mol. The molecule has 0 aromatic heterocycles. The third-order valence-electron chi connectivity index (χ3n) is 4.00. The Morgan fingerprint density at radius 2 is 2.14 bits per heavy atom. The van der Waals surface area contributed by atoms with Gasteiger partial charge in [0.1, 0.15) is 0 Å². The summed E-state index contributed by atoms with van der Waals surface area (Å²) in [5.41, 5.74) is 0.810. The fraction of sp³-hybridized carbons (Fsp3) is 0.588. The molecule has 1 unspecified atom stereocenters. The smallest absolute Gasteiger partial charge is 0.253 e. The van der Waals surface area contributed by atoms with Crippen LogP contribution in [0.4, 0.5) is 0 Å². The summed E-state index contributed by atoms with van der Waals surface area (Å²) >= 11 is 1.70. The van der Waals surface area contributed by atoms with Crippen molar-refractivity contribution in [3.8, 4) is 0 Å². The first kappa shape index (κ1) is 16.4. The zero-order valence-electron chi connectivity index (χ0n) is 13.1. The summed E-state index contributed by atoms with van der Waals surface area (Å²) < 4.78 is 0. The fourth-order valence-electron chi connectivity index (χ4n) is 2.85. The normalized spacial score (nSPS) is 18.5. The molecule has 0 radical (unpaired) electrons. The van der Waals surface area contributed by atoms with Gasteiger partial charge in [0.25, 0.3) is 5.91 Å². The van der Waals surface area contributed by atoms with Crippen LogP contribution in [0.2, 0.25) is 0 Å². The Balaban J connectivity index is 2.02. The van der Waals surface area contributed by atoms with E-state index in [1.807, 2.05) is 29.2 Å². The second-order valence-corrected chi connectivity index (χ2v) is 6.57. The quantitative estimate of drug-likeness (QED) is 0.819. The largest absolute Gasteiger partial charge is 0.338 e. The highest BCUT2D eigenvalue weighted by molar-refractivity contribution is 7.98. The predicted octanol–water partition coefficient (Wildman–Crippen LogP) is 3.26. The molecule has 2 rings (SSSR count). The van der Waals surface area contributed by atoms with Gasteiger partial charge >= 0.3 is 0 Å². The maximum absolute atomic E-state index is 12.7. The molecular weight excluding hydrogens is 280 g/mol. The lowest BCUT2D eigenvalue weighted by molar-refractivity contribution is 0.0718. The molecule has 21 heavy (non-hydrogen) atoms. The number of piperidine rings is 1. The van der Waals surface area contributed by atoms with Gasteiger partial charge in [-0.15, -0.1) is 11.8 Å². The average Bonchev–Trinajstić information content (AvgIpc) is 2.55. The molecule has 3 nitrogen and oxygen atoms in total. The summed E-state index contributed by atoms with van der Waals surface area (Å²) in [5.74, 6) is 0.773. The number of nitrogens with one attached hydrogen (secondary N) is 1. The second kappa shape index (κ2) is 8.44. The lowest BCUT2D eigenvalue weighted by Gasteiger charge is -2.30. The van der Waals surface area contributed by atoms with Gasteiger partial charge in [0.2, 0.25) is 0 Å². The molecule has 1 aromatic carbocycles. The first-order valence-corrected chi connectivity index (χ1v) is 9.11. The molecule has 1 amide bonds. The van der Waals surface area contributed by atoms with Crippen molar-refractivity contribution >= 4 is 17.7 Å². The lowest BCUT2D eigenvalue weighted by atomic mass is 9.98. The Labute approximate surface area is 132 Å². The highest BCUT2D eigenvalue weighted by Gasteiger charge is 2.21. The zero-order valence-corrected chi connectivity index (χ0v) is 13.9. The molecule has 0 bridgehead atoms. The molecule has 1 fully saturated rings. The van der Waals surface area contributed by atoms with Crippen molar-refractivity contribution in [2.24, 2.45) is 5.92 Å². The molecule has 1 saturated heterocycles. The van der Waals surface area contributed by atoms with E-state index in [-0.39, 0.29) is 5.91 Å². The third kappa shape index (κ3) is 4.75.